The number of nitrogens with zero attached hydrogens (tertiary/aromatic N) is 4. The molecule has 1 fully saturated rings. The standard InChI is InChI=1S/C25H30N6O4/c1-32-22-5-4-18-24(29-22)23-16(14-35-21(23)13-28-18)9-19(15-3-2-6-26-11-15)27-12-17-10-20-25(31-30-17)34-8-7-33-20/h4-5,10,13,15-16,19,26-27H,2-3,6-9,11-12,14H2,1H3/t15-,16?,19?/m0/s1. The Labute approximate surface area is 203 Å². The maximum atomic E-state index is 6.07. The van der Waals surface area contributed by atoms with Gasteiger partial charge in [0.25, 0.3) is 5.88 Å². The van der Waals surface area contributed by atoms with E-state index in [-0.39, 0.29) is 12.0 Å². The van der Waals surface area contributed by atoms with Gasteiger partial charge in [0.05, 0.1) is 31.1 Å². The molecule has 3 atom stereocenters. The molecule has 2 N–H and O–H groups in total. The molecule has 0 saturated carbocycles. The van der Waals surface area contributed by atoms with Crippen LogP contribution >= 0.6 is 0 Å². The van der Waals surface area contributed by atoms with E-state index in [0.29, 0.717) is 49.8 Å². The van der Waals surface area contributed by atoms with Crippen molar-refractivity contribution in [3.8, 4) is 23.3 Å². The van der Waals surface area contributed by atoms with Gasteiger partial charge >= 0.3 is 0 Å². The van der Waals surface area contributed by atoms with Gasteiger partial charge < -0.3 is 29.6 Å². The van der Waals surface area contributed by atoms with E-state index in [2.05, 4.69) is 25.8 Å². The zero-order chi connectivity index (χ0) is 23.6. The Hall–Kier alpha value is -3.24. The highest BCUT2D eigenvalue weighted by atomic mass is 16.6. The van der Waals surface area contributed by atoms with Crippen LogP contribution in [-0.4, -0.2) is 66.2 Å². The summed E-state index contributed by atoms with van der Waals surface area (Å²) in [5.74, 6) is 3.25. The van der Waals surface area contributed by atoms with Crippen LogP contribution in [0.2, 0.25) is 0 Å². The fourth-order valence-electron chi connectivity index (χ4n) is 5.32. The zero-order valence-corrected chi connectivity index (χ0v) is 19.8. The first-order chi connectivity index (χ1) is 17.3. The number of hydrogen-bond donors (Lipinski definition) is 2. The van der Waals surface area contributed by atoms with Crippen molar-refractivity contribution in [3.05, 3.63) is 35.7 Å². The van der Waals surface area contributed by atoms with Crippen LogP contribution in [0, 0.1) is 5.92 Å². The Bertz CT molecular complexity index is 1200. The van der Waals surface area contributed by atoms with Crippen LogP contribution < -0.4 is 29.6 Å². The molecular weight excluding hydrogens is 448 g/mol. The monoisotopic (exact) mass is 478 g/mol. The minimum Gasteiger partial charge on any atom is -0.491 e. The lowest BCUT2D eigenvalue weighted by atomic mass is 9.83. The Kier molecular flexibility index (Phi) is 6.22. The molecule has 184 valence electrons. The molecule has 0 bridgehead atoms. The first-order valence-corrected chi connectivity index (χ1v) is 12.3. The first-order valence-electron chi connectivity index (χ1n) is 12.3. The summed E-state index contributed by atoms with van der Waals surface area (Å²) in [5.41, 5.74) is 3.69. The predicted molar refractivity (Wildman–Crippen MR) is 128 cm³/mol. The molecule has 0 radical (unpaired) electrons. The molecule has 6 rings (SSSR count). The number of hydrogen-bond acceptors (Lipinski definition) is 10. The van der Waals surface area contributed by atoms with Crippen LogP contribution in [0.3, 0.4) is 0 Å². The topological polar surface area (TPSA) is 113 Å². The van der Waals surface area contributed by atoms with E-state index >= 15 is 0 Å². The predicted octanol–water partition coefficient (Wildman–Crippen LogP) is 2.22. The quantitative estimate of drug-likeness (QED) is 0.524. The van der Waals surface area contributed by atoms with Crippen LogP contribution in [0.15, 0.2) is 24.4 Å². The van der Waals surface area contributed by atoms with E-state index < -0.39 is 0 Å². The number of fused-ring (bicyclic) bond motifs is 4. The van der Waals surface area contributed by atoms with Crippen molar-refractivity contribution in [3.63, 3.8) is 0 Å². The molecule has 35 heavy (non-hydrogen) atoms. The summed E-state index contributed by atoms with van der Waals surface area (Å²) in [6.45, 7) is 4.34. The summed E-state index contributed by atoms with van der Waals surface area (Å²) in [6, 6.07) is 6.00. The Morgan fingerprint density at radius 2 is 2.11 bits per heavy atom. The van der Waals surface area contributed by atoms with E-state index in [4.69, 9.17) is 23.9 Å². The smallest absolute Gasteiger partial charge is 0.276 e. The van der Waals surface area contributed by atoms with Crippen molar-refractivity contribution in [2.24, 2.45) is 5.92 Å². The van der Waals surface area contributed by atoms with E-state index in [0.717, 1.165) is 47.6 Å². The third kappa shape index (κ3) is 4.55. The fourth-order valence-corrected chi connectivity index (χ4v) is 5.32. The number of methoxy groups -OCH3 is 1. The Morgan fingerprint density at radius 3 is 3.00 bits per heavy atom. The molecule has 2 unspecified atom stereocenters. The van der Waals surface area contributed by atoms with E-state index in [9.17, 15) is 0 Å². The average Bonchev–Trinajstić information content (AvgIpc) is 3.34. The van der Waals surface area contributed by atoms with Crippen molar-refractivity contribution < 1.29 is 18.9 Å². The maximum absolute atomic E-state index is 6.07. The van der Waals surface area contributed by atoms with E-state index in [1.54, 1.807) is 7.11 Å². The van der Waals surface area contributed by atoms with E-state index in [1.165, 1.54) is 12.8 Å². The van der Waals surface area contributed by atoms with Gasteiger partial charge in [0.15, 0.2) is 5.75 Å². The van der Waals surface area contributed by atoms with Crippen molar-refractivity contribution in [1.29, 1.82) is 0 Å². The van der Waals surface area contributed by atoms with E-state index in [1.807, 2.05) is 24.4 Å². The number of piperidine rings is 1. The summed E-state index contributed by atoms with van der Waals surface area (Å²) in [6.07, 6.45) is 5.10. The molecule has 0 aliphatic carbocycles. The molecular formula is C25H30N6O4. The third-order valence-electron chi connectivity index (χ3n) is 7.09. The van der Waals surface area contributed by atoms with Gasteiger partial charge in [-0.3, -0.25) is 4.98 Å². The maximum Gasteiger partial charge on any atom is 0.276 e. The minimum absolute atomic E-state index is 0.209. The lowest BCUT2D eigenvalue weighted by Crippen LogP contribution is -2.44. The first kappa shape index (κ1) is 22.2. The largest absolute Gasteiger partial charge is 0.491 e. The van der Waals surface area contributed by atoms with Gasteiger partial charge in [0.2, 0.25) is 5.88 Å². The number of ether oxygens (including phenoxy) is 4. The summed E-state index contributed by atoms with van der Waals surface area (Å²) < 4.78 is 22.7. The fraction of sp³-hybridized carbons (Fsp3) is 0.520. The molecule has 1 saturated heterocycles. The highest BCUT2D eigenvalue weighted by molar-refractivity contribution is 5.81. The lowest BCUT2D eigenvalue weighted by molar-refractivity contribution is 0.161. The molecule has 10 nitrogen and oxygen atoms in total. The van der Waals surface area contributed by atoms with Gasteiger partial charge in [-0.05, 0) is 44.3 Å². The van der Waals surface area contributed by atoms with Gasteiger partial charge in [0, 0.05) is 36.2 Å². The number of pyridine rings is 2. The lowest BCUT2D eigenvalue weighted by Gasteiger charge is -2.33. The van der Waals surface area contributed by atoms with Crippen LogP contribution in [0.25, 0.3) is 11.0 Å². The second kappa shape index (κ2) is 9.79. The highest BCUT2D eigenvalue weighted by Crippen LogP contribution is 2.41. The molecule has 0 amide bonds. The molecule has 3 aromatic heterocycles. The minimum atomic E-state index is 0.209. The summed E-state index contributed by atoms with van der Waals surface area (Å²) in [7, 11) is 1.63. The number of rotatable bonds is 7. The zero-order valence-electron chi connectivity index (χ0n) is 19.8. The van der Waals surface area contributed by atoms with Crippen LogP contribution in [-0.2, 0) is 6.54 Å². The second-order valence-corrected chi connectivity index (χ2v) is 9.30. The second-order valence-electron chi connectivity index (χ2n) is 9.30. The highest BCUT2D eigenvalue weighted by Gasteiger charge is 2.33. The van der Waals surface area contributed by atoms with Crippen LogP contribution in [0.5, 0.6) is 23.3 Å². The number of nitrogens with one attached hydrogen (secondary N) is 2. The molecule has 6 heterocycles. The summed E-state index contributed by atoms with van der Waals surface area (Å²) in [5, 5.41) is 15.9. The van der Waals surface area contributed by atoms with Gasteiger partial charge in [-0.1, -0.05) is 0 Å². The van der Waals surface area contributed by atoms with Crippen molar-refractivity contribution in [2.75, 3.05) is 40.0 Å². The number of aromatic nitrogens is 4. The van der Waals surface area contributed by atoms with Crippen LogP contribution in [0.4, 0.5) is 0 Å². The van der Waals surface area contributed by atoms with Gasteiger partial charge in [-0.25, -0.2) is 4.98 Å². The molecule has 0 aromatic carbocycles. The molecule has 3 aliphatic heterocycles. The average molecular weight is 479 g/mol. The molecule has 3 aliphatic rings. The third-order valence-corrected chi connectivity index (χ3v) is 7.09. The Balaban J connectivity index is 1.24. The summed E-state index contributed by atoms with van der Waals surface area (Å²) in [4.78, 5) is 9.27. The Morgan fingerprint density at radius 1 is 1.17 bits per heavy atom. The van der Waals surface area contributed by atoms with Gasteiger partial charge in [-0.15, -0.1) is 5.10 Å². The molecule has 3 aromatic rings. The molecule has 10 heteroatoms. The van der Waals surface area contributed by atoms with Crippen molar-refractivity contribution >= 4 is 11.0 Å². The van der Waals surface area contributed by atoms with Crippen LogP contribution in [0.1, 0.15) is 36.4 Å². The normalized spacial score (nSPS) is 21.9. The molecule has 0 spiro atoms. The van der Waals surface area contributed by atoms with Crippen molar-refractivity contribution in [1.82, 2.24) is 30.8 Å². The SMILES string of the molecule is COc1ccc2ncc3c(c2n1)C(CC(NCc1cc2c(nn1)OCCO2)[C@H]1CCCNC1)CO3. The van der Waals surface area contributed by atoms with Gasteiger partial charge in [0.1, 0.15) is 24.5 Å². The summed E-state index contributed by atoms with van der Waals surface area (Å²) >= 11 is 0. The van der Waals surface area contributed by atoms with Crippen molar-refractivity contribution in [2.45, 2.75) is 37.8 Å². The van der Waals surface area contributed by atoms with Gasteiger partial charge in [-0.2, -0.15) is 5.10 Å².